The summed E-state index contributed by atoms with van der Waals surface area (Å²) in [5.74, 6) is 5.11. The lowest BCUT2D eigenvalue weighted by Gasteiger charge is -1.96. The Morgan fingerprint density at radius 2 is 1.55 bits per heavy atom. The predicted molar refractivity (Wildman–Crippen MR) is 99.3 cm³/mol. The van der Waals surface area contributed by atoms with Crippen LogP contribution in [0.15, 0.2) is 42.5 Å². The quantitative estimate of drug-likeness (QED) is 0.398. The summed E-state index contributed by atoms with van der Waals surface area (Å²) in [5, 5.41) is 2.73. The van der Waals surface area contributed by atoms with Crippen LogP contribution in [-0.4, -0.2) is 4.98 Å². The van der Waals surface area contributed by atoms with Crippen LogP contribution in [0, 0.1) is 13.8 Å². The van der Waals surface area contributed by atoms with Crippen molar-refractivity contribution in [3.63, 3.8) is 0 Å². The molecule has 1 heterocycles. The Bertz CT molecular complexity index is 736. The van der Waals surface area contributed by atoms with Crippen molar-refractivity contribution in [3.8, 4) is 0 Å². The van der Waals surface area contributed by atoms with Gasteiger partial charge < -0.3 is 10.4 Å². The molecule has 0 aliphatic carbocycles. The summed E-state index contributed by atoms with van der Waals surface area (Å²) in [7, 11) is 0. The number of halogens is 3. The molecular weight excluding hydrogens is 341 g/mol. The van der Waals surface area contributed by atoms with Gasteiger partial charge in [-0.15, -0.1) is 12.4 Å². The molecule has 0 saturated heterocycles. The fourth-order valence-corrected chi connectivity index (χ4v) is 2.28. The number of nitrogens with two attached hydrogens (primary N) is 1. The van der Waals surface area contributed by atoms with E-state index < -0.39 is 0 Å². The third kappa shape index (κ3) is 4.55. The van der Waals surface area contributed by atoms with E-state index in [2.05, 4.69) is 24.3 Å². The van der Waals surface area contributed by atoms with Gasteiger partial charge in [0.15, 0.2) is 0 Å². The first-order valence-electron chi connectivity index (χ1n) is 6.48. The third-order valence-electron chi connectivity index (χ3n) is 3.28. The van der Waals surface area contributed by atoms with Gasteiger partial charge in [-0.2, -0.15) is 0 Å². The smallest absolute Gasteiger partial charge is 0.0486 e. The van der Waals surface area contributed by atoms with Crippen LogP contribution in [0.3, 0.4) is 0 Å². The largest absolute Gasteiger partial charge is 0.358 e. The summed E-state index contributed by atoms with van der Waals surface area (Å²) in [6.07, 6.45) is 0. The number of aromatic nitrogens is 1. The molecule has 0 aliphatic heterocycles. The number of aryl methyl sites for hydroxylation is 2. The van der Waals surface area contributed by atoms with Crippen molar-refractivity contribution in [2.75, 3.05) is 5.43 Å². The molecule has 0 amide bonds. The molecule has 0 unspecified atom stereocenters. The van der Waals surface area contributed by atoms with E-state index in [9.17, 15) is 0 Å². The van der Waals surface area contributed by atoms with E-state index in [0.717, 1.165) is 16.2 Å². The monoisotopic (exact) mass is 357 g/mol. The minimum Gasteiger partial charge on any atom is -0.358 e. The molecule has 118 valence electrons. The lowest BCUT2D eigenvalue weighted by atomic mass is 10.2. The van der Waals surface area contributed by atoms with E-state index in [4.69, 9.17) is 29.0 Å². The van der Waals surface area contributed by atoms with Gasteiger partial charge in [0.25, 0.3) is 0 Å². The van der Waals surface area contributed by atoms with Crippen LogP contribution in [0.4, 0.5) is 5.69 Å². The minimum absolute atomic E-state index is 0. The molecule has 0 bridgehead atoms. The summed E-state index contributed by atoms with van der Waals surface area (Å²) in [6.45, 7) is 4.17. The first kappa shape index (κ1) is 18.7. The lowest BCUT2D eigenvalue weighted by molar-refractivity contribution is 1.25. The third-order valence-corrected chi connectivity index (χ3v) is 3.77. The second-order valence-corrected chi connectivity index (χ2v) is 5.59. The molecule has 3 nitrogen and oxygen atoms in total. The average molecular weight is 359 g/mol. The fourth-order valence-electron chi connectivity index (χ4n) is 1.98. The molecule has 6 heteroatoms. The van der Waals surface area contributed by atoms with Crippen molar-refractivity contribution < 1.29 is 0 Å². The molecule has 0 saturated carbocycles. The van der Waals surface area contributed by atoms with Crippen molar-refractivity contribution in [1.29, 1.82) is 0 Å². The summed E-state index contributed by atoms with van der Waals surface area (Å²) in [5.41, 5.74) is 7.02. The van der Waals surface area contributed by atoms with Gasteiger partial charge in [-0.05, 0) is 61.9 Å². The molecule has 1 aromatic heterocycles. The van der Waals surface area contributed by atoms with Crippen LogP contribution in [0.1, 0.15) is 11.3 Å². The van der Waals surface area contributed by atoms with Crippen LogP contribution in [0.25, 0.3) is 10.9 Å². The number of rotatable bonds is 1. The minimum atomic E-state index is 0. The number of hydrazine groups is 1. The number of H-pyrrole nitrogens is 1. The zero-order valence-corrected chi connectivity index (χ0v) is 14.6. The molecule has 22 heavy (non-hydrogen) atoms. The van der Waals surface area contributed by atoms with Gasteiger partial charge in [-0.3, -0.25) is 5.84 Å². The fraction of sp³-hybridized carbons (Fsp3) is 0.125. The Morgan fingerprint density at radius 1 is 0.955 bits per heavy atom. The van der Waals surface area contributed by atoms with E-state index in [0.29, 0.717) is 5.02 Å². The van der Waals surface area contributed by atoms with Crippen LogP contribution in [0.5, 0.6) is 0 Å². The van der Waals surface area contributed by atoms with E-state index in [1.807, 2.05) is 30.3 Å². The summed E-state index contributed by atoms with van der Waals surface area (Å²) < 4.78 is 0. The van der Waals surface area contributed by atoms with E-state index in [-0.39, 0.29) is 12.4 Å². The second kappa shape index (κ2) is 8.30. The van der Waals surface area contributed by atoms with E-state index >= 15 is 0 Å². The first-order chi connectivity index (χ1) is 10.0. The topological polar surface area (TPSA) is 53.8 Å². The Kier molecular flexibility index (Phi) is 7.04. The Hall–Kier alpha value is -1.39. The SMILES string of the molecule is Cc1[nH]c2ccc(Cl)cc2c1C.Cl.NNc1ccc(Cl)cc1. The Labute approximate surface area is 146 Å². The van der Waals surface area contributed by atoms with Gasteiger partial charge in [-0.25, -0.2) is 0 Å². The molecule has 2 aromatic carbocycles. The van der Waals surface area contributed by atoms with Crippen LogP contribution >= 0.6 is 35.6 Å². The van der Waals surface area contributed by atoms with Crippen molar-refractivity contribution in [3.05, 3.63) is 63.8 Å². The van der Waals surface area contributed by atoms with Crippen LogP contribution < -0.4 is 11.3 Å². The number of hydrogen-bond acceptors (Lipinski definition) is 2. The number of nitrogens with one attached hydrogen (secondary N) is 2. The number of fused-ring (bicyclic) bond motifs is 1. The lowest BCUT2D eigenvalue weighted by Crippen LogP contribution is -2.05. The van der Waals surface area contributed by atoms with Gasteiger partial charge in [0.05, 0.1) is 0 Å². The molecule has 0 aliphatic rings. The molecular formula is C16H18Cl3N3. The molecule has 0 radical (unpaired) electrons. The van der Waals surface area contributed by atoms with Crippen LogP contribution in [-0.2, 0) is 0 Å². The van der Waals surface area contributed by atoms with Crippen molar-refractivity contribution in [2.24, 2.45) is 5.84 Å². The molecule has 3 aromatic rings. The van der Waals surface area contributed by atoms with Gasteiger partial charge in [0, 0.05) is 32.3 Å². The van der Waals surface area contributed by atoms with E-state index in [1.54, 1.807) is 12.1 Å². The second-order valence-electron chi connectivity index (χ2n) is 4.72. The first-order valence-corrected chi connectivity index (χ1v) is 7.23. The number of nitrogen functional groups attached to an aromatic ring is 1. The highest BCUT2D eigenvalue weighted by Crippen LogP contribution is 2.24. The van der Waals surface area contributed by atoms with Crippen molar-refractivity contribution in [1.82, 2.24) is 4.98 Å². The van der Waals surface area contributed by atoms with Crippen LogP contribution in [0.2, 0.25) is 10.0 Å². The van der Waals surface area contributed by atoms with Gasteiger partial charge in [0.2, 0.25) is 0 Å². The molecule has 0 fully saturated rings. The number of hydrogen-bond donors (Lipinski definition) is 3. The zero-order valence-electron chi connectivity index (χ0n) is 12.3. The highest BCUT2D eigenvalue weighted by molar-refractivity contribution is 6.31. The number of anilines is 1. The maximum atomic E-state index is 5.89. The highest BCUT2D eigenvalue weighted by Gasteiger charge is 2.03. The number of benzene rings is 2. The summed E-state index contributed by atoms with van der Waals surface area (Å²) >= 11 is 11.5. The molecule has 4 N–H and O–H groups in total. The van der Waals surface area contributed by atoms with Crippen molar-refractivity contribution in [2.45, 2.75) is 13.8 Å². The van der Waals surface area contributed by atoms with Crippen molar-refractivity contribution >= 4 is 52.2 Å². The summed E-state index contributed by atoms with van der Waals surface area (Å²) in [4.78, 5) is 3.30. The maximum absolute atomic E-state index is 5.89. The van der Waals surface area contributed by atoms with Gasteiger partial charge in [-0.1, -0.05) is 23.2 Å². The Morgan fingerprint density at radius 3 is 2.14 bits per heavy atom. The Balaban J connectivity index is 0.000000219. The molecule has 0 atom stereocenters. The highest BCUT2D eigenvalue weighted by atomic mass is 35.5. The predicted octanol–water partition coefficient (Wildman–Crippen LogP) is 5.49. The average Bonchev–Trinajstić information content (AvgIpc) is 2.76. The zero-order chi connectivity index (χ0) is 15.4. The molecule has 0 spiro atoms. The number of aromatic amines is 1. The summed E-state index contributed by atoms with van der Waals surface area (Å²) in [6, 6.07) is 13.1. The van der Waals surface area contributed by atoms with Gasteiger partial charge in [0.1, 0.15) is 0 Å². The standard InChI is InChI=1S/C10H10ClN.C6H7ClN2.ClH/c1-6-7(2)12-10-4-3-8(11)5-9(6)10;7-5-1-3-6(9-8)4-2-5;/h3-5,12H,1-2H3;1-4,9H,8H2;1H. The van der Waals surface area contributed by atoms with E-state index in [1.165, 1.54) is 16.6 Å². The molecule has 3 rings (SSSR count). The maximum Gasteiger partial charge on any atom is 0.0486 e. The van der Waals surface area contributed by atoms with Gasteiger partial charge >= 0.3 is 0 Å². The normalized spacial score (nSPS) is 9.68.